The van der Waals surface area contributed by atoms with Crippen LogP contribution in [0.1, 0.15) is 71.6 Å². The first kappa shape index (κ1) is 20.0. The molecule has 0 bridgehead atoms. The number of ketones is 1. The van der Waals surface area contributed by atoms with E-state index < -0.39 is 0 Å². The second-order valence-corrected chi connectivity index (χ2v) is 11.2. The number of aliphatic hydroxyl groups is 1. The van der Waals surface area contributed by atoms with Crippen molar-refractivity contribution in [3.8, 4) is 0 Å². The number of piperidine rings is 1. The number of aliphatic hydroxyl groups excluding tert-OH is 1. The third-order valence-corrected chi connectivity index (χ3v) is 9.94. The van der Waals surface area contributed by atoms with E-state index in [0.717, 1.165) is 31.7 Å². The molecule has 5 rings (SSSR count). The number of carbonyl (C=O) groups is 1. The lowest BCUT2D eigenvalue weighted by atomic mass is 9.45. The Balaban J connectivity index is 1.49. The maximum atomic E-state index is 12.2. The molecule has 0 aromatic rings. The molecular formula is C26H39NO2. The molecule has 0 radical (unpaired) electrons. The van der Waals surface area contributed by atoms with E-state index in [4.69, 9.17) is 0 Å². The summed E-state index contributed by atoms with van der Waals surface area (Å²) in [5.41, 5.74) is 3.72. The molecule has 3 heteroatoms. The average Bonchev–Trinajstić information content (AvgIpc) is 3.07. The van der Waals surface area contributed by atoms with Crippen molar-refractivity contribution in [2.24, 2.45) is 40.4 Å². The van der Waals surface area contributed by atoms with Gasteiger partial charge in [-0.3, -0.25) is 4.79 Å². The van der Waals surface area contributed by atoms with Crippen LogP contribution in [0.2, 0.25) is 0 Å². The van der Waals surface area contributed by atoms with Gasteiger partial charge in [-0.15, -0.1) is 0 Å². The summed E-state index contributed by atoms with van der Waals surface area (Å²) >= 11 is 0. The Morgan fingerprint density at radius 3 is 2.79 bits per heavy atom. The first-order chi connectivity index (χ1) is 14.0. The molecule has 2 unspecified atom stereocenters. The van der Waals surface area contributed by atoms with Gasteiger partial charge in [0, 0.05) is 26.0 Å². The van der Waals surface area contributed by atoms with Crippen molar-refractivity contribution in [3.05, 3.63) is 23.3 Å². The van der Waals surface area contributed by atoms with E-state index >= 15 is 0 Å². The Morgan fingerprint density at radius 2 is 2.03 bits per heavy atom. The molecule has 5 aliphatic rings. The fourth-order valence-electron chi connectivity index (χ4n) is 8.42. The zero-order valence-corrected chi connectivity index (χ0v) is 18.4. The van der Waals surface area contributed by atoms with Gasteiger partial charge in [0.05, 0.1) is 0 Å². The van der Waals surface area contributed by atoms with Crippen LogP contribution in [0.4, 0.5) is 0 Å². The maximum Gasteiger partial charge on any atom is 0.136 e. The third kappa shape index (κ3) is 3.02. The Hall–Kier alpha value is -0.930. The van der Waals surface area contributed by atoms with E-state index in [-0.39, 0.29) is 12.0 Å². The highest BCUT2D eigenvalue weighted by Crippen LogP contribution is 2.67. The standard InChI is InChI=1S/C26H39NO2/c1-25-10-7-20(29)15-19(25)14-17(9-13-28)24-22-6-5-21(18-4-3-12-27-16-18)26(22,2)11-8-23(24)25/h5,14,17-18,22-24,27-28H,3-4,6-13,15-16H2,1-2H3/t17?,18?,22-,23+,24-,25-,26+/m0/s1. The van der Waals surface area contributed by atoms with Crippen molar-refractivity contribution in [2.45, 2.75) is 71.6 Å². The van der Waals surface area contributed by atoms with Gasteiger partial charge in [0.15, 0.2) is 0 Å². The number of Topliss-reactive ketones (excluding diaryl/α,β-unsaturated/α-hetero) is 1. The van der Waals surface area contributed by atoms with Crippen LogP contribution >= 0.6 is 0 Å². The highest BCUT2D eigenvalue weighted by Gasteiger charge is 2.59. The molecule has 2 N–H and O–H groups in total. The SMILES string of the molecule is C[C@]12CCC(=O)CC1=CC(CCO)[C@@H]1[C@H]2CC[C@]2(C)C(C3CCCNC3)=CC[C@@H]12. The summed E-state index contributed by atoms with van der Waals surface area (Å²) in [4.78, 5) is 12.2. The molecule has 0 spiro atoms. The van der Waals surface area contributed by atoms with Crippen LogP contribution in [0.3, 0.4) is 0 Å². The molecular weight excluding hydrogens is 358 g/mol. The minimum atomic E-state index is 0.209. The monoisotopic (exact) mass is 397 g/mol. The number of hydrogen-bond acceptors (Lipinski definition) is 3. The molecule has 3 nitrogen and oxygen atoms in total. The minimum Gasteiger partial charge on any atom is -0.396 e. The summed E-state index contributed by atoms with van der Waals surface area (Å²) in [7, 11) is 0. The fourth-order valence-corrected chi connectivity index (χ4v) is 8.42. The number of fused-ring (bicyclic) bond motifs is 5. The smallest absolute Gasteiger partial charge is 0.136 e. The Morgan fingerprint density at radius 1 is 1.17 bits per heavy atom. The van der Waals surface area contributed by atoms with Crippen molar-refractivity contribution in [2.75, 3.05) is 19.7 Å². The molecule has 0 aromatic carbocycles. The highest BCUT2D eigenvalue weighted by molar-refractivity contribution is 5.82. The van der Waals surface area contributed by atoms with Crippen LogP contribution in [0.5, 0.6) is 0 Å². The van der Waals surface area contributed by atoms with Gasteiger partial charge in [-0.1, -0.05) is 37.1 Å². The fraction of sp³-hybridized carbons (Fsp3) is 0.808. The molecule has 0 aromatic heterocycles. The number of allylic oxidation sites excluding steroid dienone is 3. The summed E-state index contributed by atoms with van der Waals surface area (Å²) in [6.07, 6.45) is 14.9. The Kier molecular flexibility index (Phi) is 5.06. The Bertz CT molecular complexity index is 733. The van der Waals surface area contributed by atoms with E-state index in [1.54, 1.807) is 5.57 Å². The Labute approximate surface area is 176 Å². The van der Waals surface area contributed by atoms with Gasteiger partial charge < -0.3 is 10.4 Å². The maximum absolute atomic E-state index is 12.2. The predicted molar refractivity (Wildman–Crippen MR) is 116 cm³/mol. The topological polar surface area (TPSA) is 49.3 Å². The van der Waals surface area contributed by atoms with Gasteiger partial charge in [-0.05, 0) is 91.9 Å². The first-order valence-corrected chi connectivity index (χ1v) is 12.2. The lowest BCUT2D eigenvalue weighted by Gasteiger charge is -2.59. The summed E-state index contributed by atoms with van der Waals surface area (Å²) in [6, 6.07) is 0. The quantitative estimate of drug-likeness (QED) is 0.681. The molecule has 0 amide bonds. The normalized spacial score (nSPS) is 47.0. The number of hydrogen-bond donors (Lipinski definition) is 2. The van der Waals surface area contributed by atoms with E-state index in [1.165, 1.54) is 44.2 Å². The van der Waals surface area contributed by atoms with E-state index in [9.17, 15) is 9.90 Å². The average molecular weight is 398 g/mol. The summed E-state index contributed by atoms with van der Waals surface area (Å²) in [5, 5.41) is 13.5. The lowest BCUT2D eigenvalue weighted by Crippen LogP contribution is -2.53. The van der Waals surface area contributed by atoms with Crippen LogP contribution in [0, 0.1) is 40.4 Å². The first-order valence-electron chi connectivity index (χ1n) is 12.2. The highest BCUT2D eigenvalue weighted by atomic mass is 16.3. The number of nitrogens with one attached hydrogen (secondary N) is 1. The summed E-state index contributed by atoms with van der Waals surface area (Å²) in [6.45, 7) is 7.64. The van der Waals surface area contributed by atoms with E-state index in [0.29, 0.717) is 41.3 Å². The summed E-state index contributed by atoms with van der Waals surface area (Å²) < 4.78 is 0. The molecule has 2 saturated carbocycles. The molecule has 1 saturated heterocycles. The van der Waals surface area contributed by atoms with Crippen LogP contribution in [0.15, 0.2) is 23.3 Å². The van der Waals surface area contributed by atoms with Crippen molar-refractivity contribution in [1.29, 1.82) is 0 Å². The second kappa shape index (κ2) is 7.34. The van der Waals surface area contributed by atoms with Crippen molar-refractivity contribution in [3.63, 3.8) is 0 Å². The number of carbonyl (C=O) groups excluding carboxylic acids is 1. The largest absolute Gasteiger partial charge is 0.396 e. The van der Waals surface area contributed by atoms with Gasteiger partial charge in [-0.25, -0.2) is 0 Å². The molecule has 1 heterocycles. The molecule has 160 valence electrons. The van der Waals surface area contributed by atoms with Crippen LogP contribution in [-0.2, 0) is 4.79 Å². The molecule has 3 fully saturated rings. The zero-order valence-electron chi connectivity index (χ0n) is 18.4. The molecule has 7 atom stereocenters. The molecule has 1 aliphatic heterocycles. The van der Waals surface area contributed by atoms with Crippen LogP contribution in [-0.4, -0.2) is 30.6 Å². The second-order valence-electron chi connectivity index (χ2n) is 11.2. The van der Waals surface area contributed by atoms with E-state index in [2.05, 4.69) is 31.3 Å². The van der Waals surface area contributed by atoms with Gasteiger partial charge in [0.1, 0.15) is 5.78 Å². The van der Waals surface area contributed by atoms with Gasteiger partial charge in [0.25, 0.3) is 0 Å². The number of rotatable bonds is 3. The van der Waals surface area contributed by atoms with Gasteiger partial charge in [-0.2, -0.15) is 0 Å². The summed E-state index contributed by atoms with van der Waals surface area (Å²) in [5.74, 6) is 3.65. The van der Waals surface area contributed by atoms with Gasteiger partial charge in [0.2, 0.25) is 0 Å². The van der Waals surface area contributed by atoms with E-state index in [1.807, 2.05) is 0 Å². The van der Waals surface area contributed by atoms with Crippen molar-refractivity contribution < 1.29 is 9.90 Å². The van der Waals surface area contributed by atoms with Crippen LogP contribution < -0.4 is 5.32 Å². The molecule has 4 aliphatic carbocycles. The van der Waals surface area contributed by atoms with Gasteiger partial charge >= 0.3 is 0 Å². The van der Waals surface area contributed by atoms with Crippen LogP contribution in [0.25, 0.3) is 0 Å². The third-order valence-electron chi connectivity index (χ3n) is 9.94. The minimum absolute atomic E-state index is 0.209. The predicted octanol–water partition coefficient (Wildman–Crippen LogP) is 4.66. The zero-order chi connectivity index (χ0) is 20.2. The lowest BCUT2D eigenvalue weighted by molar-refractivity contribution is -0.122. The van der Waals surface area contributed by atoms with Crippen molar-refractivity contribution in [1.82, 2.24) is 5.32 Å². The molecule has 29 heavy (non-hydrogen) atoms. The van der Waals surface area contributed by atoms with Crippen molar-refractivity contribution >= 4 is 5.78 Å².